The van der Waals surface area contributed by atoms with E-state index in [2.05, 4.69) is 12.2 Å². The summed E-state index contributed by atoms with van der Waals surface area (Å²) in [6.45, 7) is 4.02. The van der Waals surface area contributed by atoms with Crippen LogP contribution < -0.4 is 10.1 Å². The Morgan fingerprint density at radius 2 is 1.76 bits per heavy atom. The molecule has 0 heterocycles. The maximum absolute atomic E-state index is 10.1. The molecular formula is C18H23NO2. The van der Waals surface area contributed by atoms with Gasteiger partial charge in [-0.3, -0.25) is 0 Å². The lowest BCUT2D eigenvalue weighted by molar-refractivity contribution is 0.174. The SMILES string of the molecule is CCCOc1ccccc1CNC[C@@H](O)c1ccccc1. The quantitative estimate of drug-likeness (QED) is 0.782. The van der Waals surface area contributed by atoms with Gasteiger partial charge in [-0.2, -0.15) is 0 Å². The van der Waals surface area contributed by atoms with Gasteiger partial charge in [-0.15, -0.1) is 0 Å². The van der Waals surface area contributed by atoms with Crippen LogP contribution in [-0.4, -0.2) is 18.3 Å². The number of rotatable bonds is 8. The molecule has 0 amide bonds. The van der Waals surface area contributed by atoms with E-state index < -0.39 is 6.10 Å². The highest BCUT2D eigenvalue weighted by molar-refractivity contribution is 5.33. The van der Waals surface area contributed by atoms with Crippen molar-refractivity contribution in [2.75, 3.05) is 13.2 Å². The molecule has 2 aromatic rings. The standard InChI is InChI=1S/C18H23NO2/c1-2-12-21-18-11-7-6-10-16(18)13-19-14-17(20)15-8-4-3-5-9-15/h3-11,17,19-20H,2,12-14H2,1H3/t17-/m1/s1. The number of benzene rings is 2. The number of hydrogen-bond donors (Lipinski definition) is 2. The lowest BCUT2D eigenvalue weighted by atomic mass is 10.1. The van der Waals surface area contributed by atoms with Gasteiger partial charge >= 0.3 is 0 Å². The molecule has 0 fully saturated rings. The largest absolute Gasteiger partial charge is 0.493 e. The fraction of sp³-hybridized carbons (Fsp3) is 0.333. The van der Waals surface area contributed by atoms with Crippen LogP contribution >= 0.6 is 0 Å². The first-order valence-corrected chi connectivity index (χ1v) is 7.45. The number of nitrogens with one attached hydrogen (secondary N) is 1. The van der Waals surface area contributed by atoms with E-state index in [-0.39, 0.29) is 0 Å². The first-order chi connectivity index (χ1) is 10.3. The average molecular weight is 285 g/mol. The molecule has 0 unspecified atom stereocenters. The molecule has 3 nitrogen and oxygen atoms in total. The minimum atomic E-state index is -0.491. The van der Waals surface area contributed by atoms with Crippen molar-refractivity contribution in [1.29, 1.82) is 0 Å². The summed E-state index contributed by atoms with van der Waals surface area (Å²) < 4.78 is 5.73. The van der Waals surface area contributed by atoms with Gasteiger partial charge in [0, 0.05) is 18.7 Å². The van der Waals surface area contributed by atoms with E-state index in [9.17, 15) is 5.11 Å². The summed E-state index contributed by atoms with van der Waals surface area (Å²) in [6.07, 6.45) is 0.504. The van der Waals surface area contributed by atoms with E-state index in [0.29, 0.717) is 13.1 Å². The summed E-state index contributed by atoms with van der Waals surface area (Å²) in [5.41, 5.74) is 2.05. The smallest absolute Gasteiger partial charge is 0.123 e. The van der Waals surface area contributed by atoms with Gasteiger partial charge in [0.1, 0.15) is 5.75 Å². The highest BCUT2D eigenvalue weighted by Gasteiger charge is 2.07. The molecule has 2 rings (SSSR count). The van der Waals surface area contributed by atoms with Gasteiger partial charge in [-0.05, 0) is 18.1 Å². The van der Waals surface area contributed by atoms with Crippen molar-refractivity contribution in [3.8, 4) is 5.75 Å². The number of aliphatic hydroxyl groups excluding tert-OH is 1. The highest BCUT2D eigenvalue weighted by Crippen LogP contribution is 2.18. The van der Waals surface area contributed by atoms with Crippen LogP contribution in [0.2, 0.25) is 0 Å². The van der Waals surface area contributed by atoms with Crippen LogP contribution in [-0.2, 0) is 6.54 Å². The summed E-state index contributed by atoms with van der Waals surface area (Å²) in [7, 11) is 0. The van der Waals surface area contributed by atoms with E-state index in [1.807, 2.05) is 54.6 Å². The van der Waals surface area contributed by atoms with Crippen LogP contribution in [0.15, 0.2) is 54.6 Å². The molecule has 0 radical (unpaired) electrons. The summed E-state index contributed by atoms with van der Waals surface area (Å²) in [5, 5.41) is 13.4. The minimum Gasteiger partial charge on any atom is -0.493 e. The van der Waals surface area contributed by atoms with Gasteiger partial charge in [0.25, 0.3) is 0 Å². The van der Waals surface area contributed by atoms with E-state index in [1.54, 1.807) is 0 Å². The van der Waals surface area contributed by atoms with Crippen LogP contribution in [0.5, 0.6) is 5.75 Å². The predicted octanol–water partition coefficient (Wildman–Crippen LogP) is 3.30. The Hall–Kier alpha value is -1.84. The fourth-order valence-corrected chi connectivity index (χ4v) is 2.14. The number of hydrogen-bond acceptors (Lipinski definition) is 3. The number of para-hydroxylation sites is 1. The molecular weight excluding hydrogens is 262 g/mol. The van der Waals surface area contributed by atoms with Gasteiger partial charge in [0.15, 0.2) is 0 Å². The first-order valence-electron chi connectivity index (χ1n) is 7.45. The van der Waals surface area contributed by atoms with Gasteiger partial charge in [-0.25, -0.2) is 0 Å². The summed E-state index contributed by atoms with van der Waals surface area (Å²) in [5.74, 6) is 0.918. The lowest BCUT2D eigenvalue weighted by Crippen LogP contribution is -2.21. The van der Waals surface area contributed by atoms with Crippen molar-refractivity contribution in [1.82, 2.24) is 5.32 Å². The molecule has 0 bridgehead atoms. The van der Waals surface area contributed by atoms with Crippen molar-refractivity contribution in [2.24, 2.45) is 0 Å². The van der Waals surface area contributed by atoms with Crippen molar-refractivity contribution >= 4 is 0 Å². The molecule has 0 aliphatic rings. The molecule has 0 saturated carbocycles. The third kappa shape index (κ3) is 4.88. The van der Waals surface area contributed by atoms with Crippen LogP contribution in [0, 0.1) is 0 Å². The summed E-state index contributed by atoms with van der Waals surface area (Å²) in [6, 6.07) is 17.7. The van der Waals surface area contributed by atoms with Gasteiger partial charge in [0.05, 0.1) is 12.7 Å². The molecule has 0 aromatic heterocycles. The second-order valence-corrected chi connectivity index (χ2v) is 5.01. The maximum atomic E-state index is 10.1. The van der Waals surface area contributed by atoms with E-state index in [4.69, 9.17) is 4.74 Å². The number of aliphatic hydroxyl groups is 1. The Morgan fingerprint density at radius 1 is 1.05 bits per heavy atom. The summed E-state index contributed by atoms with van der Waals surface area (Å²) in [4.78, 5) is 0. The fourth-order valence-electron chi connectivity index (χ4n) is 2.14. The second-order valence-electron chi connectivity index (χ2n) is 5.01. The van der Waals surface area contributed by atoms with Gasteiger partial charge in [0.2, 0.25) is 0 Å². The third-order valence-electron chi connectivity index (χ3n) is 3.27. The summed E-state index contributed by atoms with van der Waals surface area (Å²) >= 11 is 0. The molecule has 0 saturated heterocycles. The van der Waals surface area contributed by atoms with Gasteiger partial charge in [-0.1, -0.05) is 55.5 Å². The van der Waals surface area contributed by atoms with E-state index >= 15 is 0 Å². The normalized spacial score (nSPS) is 12.1. The minimum absolute atomic E-state index is 0.491. The van der Waals surface area contributed by atoms with E-state index in [0.717, 1.165) is 29.9 Å². The molecule has 0 aliphatic heterocycles. The monoisotopic (exact) mass is 285 g/mol. The Balaban J connectivity index is 1.86. The molecule has 112 valence electrons. The average Bonchev–Trinajstić information content (AvgIpc) is 2.54. The molecule has 3 heteroatoms. The molecule has 0 aliphatic carbocycles. The van der Waals surface area contributed by atoms with Crippen LogP contribution in [0.1, 0.15) is 30.6 Å². The molecule has 2 N–H and O–H groups in total. The zero-order chi connectivity index (χ0) is 14.9. The Kier molecular flexibility index (Phi) is 6.25. The molecule has 2 aromatic carbocycles. The first kappa shape index (κ1) is 15.5. The molecule has 0 spiro atoms. The third-order valence-corrected chi connectivity index (χ3v) is 3.27. The van der Waals surface area contributed by atoms with E-state index in [1.165, 1.54) is 0 Å². The maximum Gasteiger partial charge on any atom is 0.123 e. The second kappa shape index (κ2) is 8.45. The van der Waals surface area contributed by atoms with Crippen molar-refractivity contribution < 1.29 is 9.84 Å². The Bertz CT molecular complexity index is 528. The van der Waals surface area contributed by atoms with Crippen LogP contribution in [0.3, 0.4) is 0 Å². The highest BCUT2D eigenvalue weighted by atomic mass is 16.5. The Labute approximate surface area is 126 Å². The molecule has 21 heavy (non-hydrogen) atoms. The molecule has 1 atom stereocenters. The van der Waals surface area contributed by atoms with Crippen LogP contribution in [0.4, 0.5) is 0 Å². The van der Waals surface area contributed by atoms with Crippen molar-refractivity contribution in [3.63, 3.8) is 0 Å². The zero-order valence-corrected chi connectivity index (χ0v) is 12.5. The van der Waals surface area contributed by atoms with Crippen molar-refractivity contribution in [2.45, 2.75) is 26.0 Å². The topological polar surface area (TPSA) is 41.5 Å². The van der Waals surface area contributed by atoms with Crippen molar-refractivity contribution in [3.05, 3.63) is 65.7 Å². The Morgan fingerprint density at radius 3 is 2.52 bits per heavy atom. The predicted molar refractivity (Wildman–Crippen MR) is 85.3 cm³/mol. The van der Waals surface area contributed by atoms with Gasteiger partial charge < -0.3 is 15.2 Å². The zero-order valence-electron chi connectivity index (χ0n) is 12.5. The lowest BCUT2D eigenvalue weighted by Gasteiger charge is -2.14. The van der Waals surface area contributed by atoms with Crippen LogP contribution in [0.25, 0.3) is 0 Å². The number of ether oxygens (including phenoxy) is 1.